The maximum Gasteiger partial charge on any atom is 0.244 e. The first-order valence-electron chi connectivity index (χ1n) is 6.19. The van der Waals surface area contributed by atoms with Crippen molar-refractivity contribution in [2.24, 2.45) is 0 Å². The second kappa shape index (κ2) is 6.10. The molecule has 1 aromatic rings. The van der Waals surface area contributed by atoms with Crippen molar-refractivity contribution >= 4 is 21.8 Å². The van der Waals surface area contributed by atoms with Gasteiger partial charge in [-0.1, -0.05) is 0 Å². The fourth-order valence-corrected chi connectivity index (χ4v) is 3.16. The highest BCUT2D eigenvalue weighted by molar-refractivity contribution is 7.89. The van der Waals surface area contributed by atoms with Crippen LogP contribution in [0.15, 0.2) is 24.5 Å². The maximum atomic E-state index is 11.9. The fourth-order valence-electron chi connectivity index (χ4n) is 1.88. The first-order chi connectivity index (χ1) is 9.46. The number of imide groups is 1. The number of rotatable bonds is 5. The van der Waals surface area contributed by atoms with Crippen molar-refractivity contribution < 1.29 is 18.0 Å². The van der Waals surface area contributed by atoms with E-state index in [-0.39, 0.29) is 24.5 Å². The number of piperidine rings is 1. The Morgan fingerprint density at radius 3 is 2.65 bits per heavy atom. The van der Waals surface area contributed by atoms with Gasteiger partial charge in [-0.15, -0.1) is 0 Å². The first-order valence-corrected chi connectivity index (χ1v) is 7.84. The normalized spacial score (nSPS) is 19.7. The van der Waals surface area contributed by atoms with E-state index >= 15 is 0 Å². The number of aromatic nitrogens is 1. The predicted octanol–water partition coefficient (Wildman–Crippen LogP) is -0.651. The third-order valence-electron chi connectivity index (χ3n) is 2.97. The van der Waals surface area contributed by atoms with E-state index in [4.69, 9.17) is 0 Å². The van der Waals surface area contributed by atoms with Crippen LogP contribution < -0.4 is 10.0 Å². The summed E-state index contributed by atoms with van der Waals surface area (Å²) in [6.45, 7) is 0. The Morgan fingerprint density at radius 2 is 2.00 bits per heavy atom. The van der Waals surface area contributed by atoms with Gasteiger partial charge in [0.1, 0.15) is 6.04 Å². The van der Waals surface area contributed by atoms with E-state index in [9.17, 15) is 18.0 Å². The molecule has 8 heteroatoms. The SMILES string of the molecule is O=C1CCC(NS(=O)(=O)CCc2ccncc2)C(=O)N1. The van der Waals surface area contributed by atoms with Crippen molar-refractivity contribution in [1.82, 2.24) is 15.0 Å². The average Bonchev–Trinajstić information content (AvgIpc) is 2.41. The van der Waals surface area contributed by atoms with Gasteiger partial charge in [-0.3, -0.25) is 19.9 Å². The molecule has 0 spiro atoms. The van der Waals surface area contributed by atoms with Crippen LogP contribution in [0.3, 0.4) is 0 Å². The number of sulfonamides is 1. The van der Waals surface area contributed by atoms with E-state index in [1.807, 2.05) is 0 Å². The van der Waals surface area contributed by atoms with Crippen LogP contribution in [0.1, 0.15) is 18.4 Å². The number of pyridine rings is 1. The Kier molecular flexibility index (Phi) is 4.46. The van der Waals surface area contributed by atoms with Crippen LogP contribution in [0, 0.1) is 0 Å². The van der Waals surface area contributed by atoms with Crippen LogP contribution in [0.25, 0.3) is 0 Å². The fraction of sp³-hybridized carbons (Fsp3) is 0.417. The van der Waals surface area contributed by atoms with E-state index in [0.29, 0.717) is 6.42 Å². The van der Waals surface area contributed by atoms with E-state index in [1.165, 1.54) is 0 Å². The number of nitrogens with one attached hydrogen (secondary N) is 2. The van der Waals surface area contributed by atoms with Gasteiger partial charge in [0, 0.05) is 18.8 Å². The topological polar surface area (TPSA) is 105 Å². The molecule has 1 aliphatic rings. The minimum atomic E-state index is -3.57. The Morgan fingerprint density at radius 1 is 1.30 bits per heavy atom. The van der Waals surface area contributed by atoms with E-state index in [1.54, 1.807) is 24.5 Å². The highest BCUT2D eigenvalue weighted by atomic mass is 32.2. The quantitative estimate of drug-likeness (QED) is 0.703. The summed E-state index contributed by atoms with van der Waals surface area (Å²) in [5.41, 5.74) is 0.855. The van der Waals surface area contributed by atoms with Gasteiger partial charge in [0.15, 0.2) is 0 Å². The van der Waals surface area contributed by atoms with Crippen LogP contribution in [0.2, 0.25) is 0 Å². The largest absolute Gasteiger partial charge is 0.295 e. The lowest BCUT2D eigenvalue weighted by Gasteiger charge is -2.21. The average molecular weight is 297 g/mol. The van der Waals surface area contributed by atoms with Gasteiger partial charge in [-0.05, 0) is 30.5 Å². The molecule has 1 aliphatic heterocycles. The van der Waals surface area contributed by atoms with E-state index in [2.05, 4.69) is 15.0 Å². The summed E-state index contributed by atoms with van der Waals surface area (Å²) in [6, 6.07) is 2.61. The smallest absolute Gasteiger partial charge is 0.244 e. The molecule has 2 amide bonds. The molecule has 1 aromatic heterocycles. The molecule has 1 unspecified atom stereocenters. The molecule has 2 rings (SSSR count). The Labute approximate surface area is 116 Å². The molecule has 7 nitrogen and oxygen atoms in total. The standard InChI is InChI=1S/C12H15N3O4S/c16-11-2-1-10(12(17)14-11)15-20(18,19)8-5-9-3-6-13-7-4-9/h3-4,6-7,10,15H,1-2,5,8H2,(H,14,16,17). The van der Waals surface area contributed by atoms with Crippen molar-refractivity contribution in [3.8, 4) is 0 Å². The Balaban J connectivity index is 1.91. The lowest BCUT2D eigenvalue weighted by molar-refractivity contribution is -0.134. The highest BCUT2D eigenvalue weighted by Gasteiger charge is 2.29. The number of aryl methyl sites for hydroxylation is 1. The molecule has 0 aromatic carbocycles. The molecular weight excluding hydrogens is 282 g/mol. The van der Waals surface area contributed by atoms with Crippen LogP contribution in [-0.2, 0) is 26.0 Å². The molecule has 1 fully saturated rings. The summed E-state index contributed by atoms with van der Waals surface area (Å²) in [6.07, 6.45) is 3.86. The third kappa shape index (κ3) is 4.10. The number of hydrogen-bond acceptors (Lipinski definition) is 5. The summed E-state index contributed by atoms with van der Waals surface area (Å²) in [4.78, 5) is 26.3. The Hall–Kier alpha value is -1.80. The molecule has 2 N–H and O–H groups in total. The van der Waals surface area contributed by atoms with Crippen LogP contribution in [0.4, 0.5) is 0 Å². The zero-order valence-corrected chi connectivity index (χ0v) is 11.5. The second-order valence-electron chi connectivity index (χ2n) is 4.55. The number of carbonyl (C=O) groups is 2. The summed E-state index contributed by atoms with van der Waals surface area (Å²) in [7, 11) is -3.57. The third-order valence-corrected chi connectivity index (χ3v) is 4.36. The zero-order chi connectivity index (χ0) is 14.6. The lowest BCUT2D eigenvalue weighted by atomic mass is 10.1. The summed E-state index contributed by atoms with van der Waals surface area (Å²) in [5.74, 6) is -1.08. The van der Waals surface area contributed by atoms with Gasteiger partial charge in [0.05, 0.1) is 5.75 Å². The monoisotopic (exact) mass is 297 g/mol. The number of carbonyl (C=O) groups excluding carboxylic acids is 2. The van der Waals surface area contributed by atoms with Crippen molar-refractivity contribution in [1.29, 1.82) is 0 Å². The molecule has 2 heterocycles. The van der Waals surface area contributed by atoms with Crippen molar-refractivity contribution in [2.75, 3.05) is 5.75 Å². The molecule has 1 saturated heterocycles. The molecule has 108 valence electrons. The minimum absolute atomic E-state index is 0.116. The van der Waals surface area contributed by atoms with Gasteiger partial charge in [-0.2, -0.15) is 0 Å². The molecule has 1 atom stereocenters. The number of nitrogens with zero attached hydrogens (tertiary/aromatic N) is 1. The van der Waals surface area contributed by atoms with Gasteiger partial charge in [-0.25, -0.2) is 13.1 Å². The lowest BCUT2D eigenvalue weighted by Crippen LogP contribution is -2.52. The van der Waals surface area contributed by atoms with Crippen LogP contribution in [-0.4, -0.2) is 37.0 Å². The summed E-state index contributed by atoms with van der Waals surface area (Å²) >= 11 is 0. The molecule has 0 bridgehead atoms. The zero-order valence-electron chi connectivity index (χ0n) is 10.7. The van der Waals surface area contributed by atoms with Crippen molar-refractivity contribution in [2.45, 2.75) is 25.3 Å². The van der Waals surface area contributed by atoms with Crippen LogP contribution >= 0.6 is 0 Å². The maximum absolute atomic E-state index is 11.9. The van der Waals surface area contributed by atoms with Gasteiger partial charge < -0.3 is 0 Å². The van der Waals surface area contributed by atoms with Crippen molar-refractivity contribution in [3.63, 3.8) is 0 Å². The first kappa shape index (κ1) is 14.6. The Bertz CT molecular complexity index is 600. The summed E-state index contributed by atoms with van der Waals surface area (Å²) < 4.78 is 26.1. The summed E-state index contributed by atoms with van der Waals surface area (Å²) in [5, 5.41) is 2.11. The molecule has 20 heavy (non-hydrogen) atoms. The molecular formula is C12H15N3O4S. The van der Waals surface area contributed by atoms with Crippen LogP contribution in [0.5, 0.6) is 0 Å². The minimum Gasteiger partial charge on any atom is -0.295 e. The number of hydrogen-bond donors (Lipinski definition) is 2. The molecule has 0 saturated carbocycles. The van der Waals surface area contributed by atoms with Crippen molar-refractivity contribution in [3.05, 3.63) is 30.1 Å². The van der Waals surface area contributed by atoms with E-state index in [0.717, 1.165) is 5.56 Å². The molecule has 0 radical (unpaired) electrons. The van der Waals surface area contributed by atoms with Gasteiger partial charge >= 0.3 is 0 Å². The van der Waals surface area contributed by atoms with E-state index < -0.39 is 22.0 Å². The molecule has 0 aliphatic carbocycles. The predicted molar refractivity (Wildman–Crippen MR) is 71.0 cm³/mol. The highest BCUT2D eigenvalue weighted by Crippen LogP contribution is 2.07. The van der Waals surface area contributed by atoms with Gasteiger partial charge in [0.2, 0.25) is 21.8 Å². The number of amides is 2. The second-order valence-corrected chi connectivity index (χ2v) is 6.42. The van der Waals surface area contributed by atoms with Gasteiger partial charge in [0.25, 0.3) is 0 Å².